The highest BCUT2D eigenvalue weighted by molar-refractivity contribution is 5.86. The van der Waals surface area contributed by atoms with E-state index in [0.29, 0.717) is 0 Å². The van der Waals surface area contributed by atoms with Crippen LogP contribution in [-0.2, 0) is 19.2 Å². The van der Waals surface area contributed by atoms with Crippen LogP contribution in [0.4, 0.5) is 0 Å². The second-order valence-corrected chi connectivity index (χ2v) is 8.00. The van der Waals surface area contributed by atoms with Gasteiger partial charge in [-0.15, -0.1) is 0 Å². The van der Waals surface area contributed by atoms with Crippen LogP contribution < -0.4 is 5.32 Å². The van der Waals surface area contributed by atoms with Crippen molar-refractivity contribution in [2.45, 2.75) is 85.0 Å². The summed E-state index contributed by atoms with van der Waals surface area (Å²) in [4.78, 5) is 30.0. The maximum absolute atomic E-state index is 12.6. The van der Waals surface area contributed by atoms with Crippen LogP contribution in [0, 0.1) is 0 Å². The van der Waals surface area contributed by atoms with Crippen LogP contribution in [0.5, 0.6) is 0 Å². The van der Waals surface area contributed by atoms with E-state index < -0.39 is 23.2 Å². The molecule has 0 aliphatic carbocycles. The first-order chi connectivity index (χ1) is 9.63. The zero-order chi connectivity index (χ0) is 17.9. The van der Waals surface area contributed by atoms with Crippen molar-refractivity contribution in [3.05, 3.63) is 0 Å². The molecule has 0 fully saturated rings. The molecule has 0 aromatic heterocycles. The molecule has 1 atom stereocenters. The fourth-order valence-corrected chi connectivity index (χ4v) is 2.08. The molecule has 0 radical (unpaired) electrons. The SMILES string of the molecule is COC(=O)C(C)ON(C(C)(C)C)C(C)(C)C(=O)NC(C)(C)C. The van der Waals surface area contributed by atoms with Gasteiger partial charge < -0.3 is 10.1 Å². The van der Waals surface area contributed by atoms with Gasteiger partial charge in [-0.2, -0.15) is 5.06 Å². The minimum atomic E-state index is -0.964. The van der Waals surface area contributed by atoms with Gasteiger partial charge in [-0.05, 0) is 62.3 Å². The highest BCUT2D eigenvalue weighted by Gasteiger charge is 2.44. The van der Waals surface area contributed by atoms with Crippen LogP contribution >= 0.6 is 0 Å². The monoisotopic (exact) mass is 316 g/mol. The summed E-state index contributed by atoms with van der Waals surface area (Å²) in [6, 6.07) is 0. The molecule has 22 heavy (non-hydrogen) atoms. The van der Waals surface area contributed by atoms with Gasteiger partial charge in [0, 0.05) is 11.1 Å². The lowest BCUT2D eigenvalue weighted by atomic mass is 9.95. The number of hydroxylamine groups is 2. The normalized spacial score (nSPS) is 14.7. The van der Waals surface area contributed by atoms with Gasteiger partial charge in [-0.3, -0.25) is 9.63 Å². The Morgan fingerprint density at radius 2 is 1.45 bits per heavy atom. The lowest BCUT2D eigenvalue weighted by Gasteiger charge is -2.46. The molecule has 0 spiro atoms. The molecule has 0 heterocycles. The fourth-order valence-electron chi connectivity index (χ4n) is 2.08. The number of rotatable bonds is 5. The molecule has 1 unspecified atom stereocenters. The zero-order valence-corrected chi connectivity index (χ0v) is 15.7. The summed E-state index contributed by atoms with van der Waals surface area (Å²) in [5.41, 5.74) is -1.80. The summed E-state index contributed by atoms with van der Waals surface area (Å²) in [5, 5.41) is 4.51. The van der Waals surface area contributed by atoms with E-state index in [-0.39, 0.29) is 11.4 Å². The number of ether oxygens (including phenoxy) is 1. The average Bonchev–Trinajstić information content (AvgIpc) is 2.30. The number of carbonyl (C=O) groups excluding carboxylic acids is 2. The third-order valence-electron chi connectivity index (χ3n) is 2.96. The average molecular weight is 316 g/mol. The van der Waals surface area contributed by atoms with Crippen LogP contribution in [0.1, 0.15) is 62.3 Å². The molecule has 0 saturated carbocycles. The topological polar surface area (TPSA) is 67.9 Å². The van der Waals surface area contributed by atoms with Crippen molar-refractivity contribution < 1.29 is 19.2 Å². The molecule has 130 valence electrons. The van der Waals surface area contributed by atoms with Crippen LogP contribution in [0.2, 0.25) is 0 Å². The van der Waals surface area contributed by atoms with Crippen molar-refractivity contribution in [2.75, 3.05) is 7.11 Å². The molecular weight excluding hydrogens is 284 g/mol. The van der Waals surface area contributed by atoms with E-state index in [4.69, 9.17) is 4.84 Å². The van der Waals surface area contributed by atoms with E-state index in [9.17, 15) is 9.59 Å². The molecule has 0 aromatic carbocycles. The van der Waals surface area contributed by atoms with E-state index in [2.05, 4.69) is 10.1 Å². The molecule has 6 nitrogen and oxygen atoms in total. The van der Waals surface area contributed by atoms with Gasteiger partial charge in [0.2, 0.25) is 5.91 Å². The van der Waals surface area contributed by atoms with Crippen molar-refractivity contribution in [3.63, 3.8) is 0 Å². The van der Waals surface area contributed by atoms with Gasteiger partial charge in [0.25, 0.3) is 0 Å². The number of methoxy groups -OCH3 is 1. The maximum atomic E-state index is 12.6. The summed E-state index contributed by atoms with van der Waals surface area (Å²) in [6.45, 7) is 16.6. The number of amides is 1. The van der Waals surface area contributed by atoms with Crippen LogP contribution in [0.15, 0.2) is 0 Å². The number of carbonyl (C=O) groups is 2. The van der Waals surface area contributed by atoms with E-state index >= 15 is 0 Å². The van der Waals surface area contributed by atoms with Gasteiger partial charge >= 0.3 is 5.97 Å². The number of hydrogen-bond acceptors (Lipinski definition) is 5. The minimum Gasteiger partial charge on any atom is -0.467 e. The predicted molar refractivity (Wildman–Crippen MR) is 86.1 cm³/mol. The van der Waals surface area contributed by atoms with Gasteiger partial charge in [0.1, 0.15) is 5.54 Å². The number of hydrogen-bond donors (Lipinski definition) is 1. The van der Waals surface area contributed by atoms with E-state index in [0.717, 1.165) is 0 Å². The van der Waals surface area contributed by atoms with Crippen molar-refractivity contribution in [1.82, 2.24) is 10.4 Å². The molecule has 0 saturated heterocycles. The van der Waals surface area contributed by atoms with Crippen molar-refractivity contribution >= 4 is 11.9 Å². The van der Waals surface area contributed by atoms with Crippen molar-refractivity contribution in [1.29, 1.82) is 0 Å². The van der Waals surface area contributed by atoms with E-state index in [1.807, 2.05) is 41.5 Å². The molecule has 1 amide bonds. The van der Waals surface area contributed by atoms with Crippen LogP contribution in [0.25, 0.3) is 0 Å². The lowest BCUT2D eigenvalue weighted by Crippen LogP contribution is -2.64. The maximum Gasteiger partial charge on any atom is 0.336 e. The van der Waals surface area contributed by atoms with Gasteiger partial charge in [-0.1, -0.05) is 0 Å². The first-order valence-electron chi connectivity index (χ1n) is 7.50. The van der Waals surface area contributed by atoms with Gasteiger partial charge in [0.15, 0.2) is 6.10 Å². The number of esters is 1. The van der Waals surface area contributed by atoms with E-state index in [1.54, 1.807) is 25.8 Å². The molecule has 0 rings (SSSR count). The Kier molecular flexibility index (Phi) is 6.60. The van der Waals surface area contributed by atoms with Gasteiger partial charge in [-0.25, -0.2) is 4.79 Å². The predicted octanol–water partition coefficient (Wildman–Crippen LogP) is 2.27. The summed E-state index contributed by atoms with van der Waals surface area (Å²) in [6.07, 6.45) is -0.800. The standard InChI is InChI=1S/C16H32N2O4/c1-11(12(19)21-10)22-18(15(5,6)7)16(8,9)13(20)17-14(2,3)4/h11H,1-10H3,(H,17,20). The quantitative estimate of drug-likeness (QED) is 0.622. The minimum absolute atomic E-state index is 0.174. The Morgan fingerprint density at radius 1 is 1.00 bits per heavy atom. The zero-order valence-electron chi connectivity index (χ0n) is 15.7. The fraction of sp³-hybridized carbons (Fsp3) is 0.875. The summed E-state index contributed by atoms with van der Waals surface area (Å²) in [7, 11) is 1.31. The first kappa shape index (κ1) is 20.9. The molecule has 0 aliphatic heterocycles. The summed E-state index contributed by atoms with van der Waals surface area (Å²) < 4.78 is 4.69. The highest BCUT2D eigenvalue weighted by atomic mass is 16.7. The number of nitrogens with zero attached hydrogens (tertiary/aromatic N) is 1. The molecule has 0 aliphatic rings. The second-order valence-electron chi connectivity index (χ2n) is 8.00. The second kappa shape index (κ2) is 6.96. The van der Waals surface area contributed by atoms with Crippen LogP contribution in [0.3, 0.4) is 0 Å². The largest absolute Gasteiger partial charge is 0.467 e. The molecule has 6 heteroatoms. The Morgan fingerprint density at radius 3 is 1.77 bits per heavy atom. The third-order valence-corrected chi connectivity index (χ3v) is 2.96. The third kappa shape index (κ3) is 5.93. The Labute approximate surface area is 134 Å². The summed E-state index contributed by atoms with van der Waals surface area (Å²) >= 11 is 0. The Hall–Kier alpha value is -1.14. The lowest BCUT2D eigenvalue weighted by molar-refractivity contribution is -0.277. The van der Waals surface area contributed by atoms with Crippen molar-refractivity contribution in [3.8, 4) is 0 Å². The molecule has 1 N–H and O–H groups in total. The Balaban J connectivity index is 5.42. The molecule has 0 aromatic rings. The highest BCUT2D eigenvalue weighted by Crippen LogP contribution is 2.27. The molecule has 0 bridgehead atoms. The van der Waals surface area contributed by atoms with Crippen molar-refractivity contribution in [2.24, 2.45) is 0 Å². The smallest absolute Gasteiger partial charge is 0.336 e. The first-order valence-corrected chi connectivity index (χ1v) is 7.50. The molecular formula is C16H32N2O4. The van der Waals surface area contributed by atoms with E-state index in [1.165, 1.54) is 7.11 Å². The van der Waals surface area contributed by atoms with Gasteiger partial charge in [0.05, 0.1) is 7.11 Å². The van der Waals surface area contributed by atoms with Crippen LogP contribution in [-0.4, -0.2) is 46.8 Å². The Bertz CT molecular complexity index is 405. The number of nitrogens with one attached hydrogen (secondary N) is 1. The summed E-state index contributed by atoms with van der Waals surface area (Å²) in [5.74, 6) is -0.659.